The summed E-state index contributed by atoms with van der Waals surface area (Å²) in [7, 11) is 0. The van der Waals surface area contributed by atoms with Gasteiger partial charge in [-0.05, 0) is 23.3 Å². The standard InChI is InChI=1S/C22H18F2N4O2/c23-22(24)12-29-20(25)28-21(22)9-19(14-4-2-1-3-5-14)30-18-7-6-15(8-17(18)21)16-10-26-13-27-11-16/h1-8,10-11,13,19H,9,12H2,(H2,25,28)/t19?,21-/m1/s1. The van der Waals surface area contributed by atoms with E-state index in [0.29, 0.717) is 16.9 Å². The van der Waals surface area contributed by atoms with Crippen LogP contribution in [0.3, 0.4) is 0 Å². The van der Waals surface area contributed by atoms with Gasteiger partial charge in [-0.2, -0.15) is 8.78 Å². The number of aliphatic imine (C=N–C) groups is 1. The zero-order valence-corrected chi connectivity index (χ0v) is 15.8. The van der Waals surface area contributed by atoms with Gasteiger partial charge < -0.3 is 15.2 Å². The van der Waals surface area contributed by atoms with Crippen LogP contribution in [0.2, 0.25) is 0 Å². The van der Waals surface area contributed by atoms with Gasteiger partial charge >= 0.3 is 5.92 Å². The molecule has 3 heterocycles. The van der Waals surface area contributed by atoms with Gasteiger partial charge in [-0.3, -0.25) is 0 Å². The molecule has 30 heavy (non-hydrogen) atoms. The van der Waals surface area contributed by atoms with E-state index in [9.17, 15) is 0 Å². The van der Waals surface area contributed by atoms with E-state index in [-0.39, 0.29) is 18.0 Å². The van der Waals surface area contributed by atoms with Crippen molar-refractivity contribution in [2.24, 2.45) is 10.7 Å². The van der Waals surface area contributed by atoms with Crippen molar-refractivity contribution in [2.45, 2.75) is 24.0 Å². The van der Waals surface area contributed by atoms with Crippen LogP contribution in [-0.2, 0) is 10.3 Å². The normalized spacial score (nSPS) is 24.3. The first-order valence-electron chi connectivity index (χ1n) is 9.46. The van der Waals surface area contributed by atoms with E-state index in [1.807, 2.05) is 30.3 Å². The molecule has 0 amide bonds. The fraction of sp³-hybridized carbons (Fsp3) is 0.227. The lowest BCUT2D eigenvalue weighted by atomic mass is 9.75. The second-order valence-corrected chi connectivity index (χ2v) is 7.36. The second kappa shape index (κ2) is 6.76. The molecule has 8 heteroatoms. The number of nitrogens with two attached hydrogens (primary N) is 1. The number of hydrogen-bond acceptors (Lipinski definition) is 6. The van der Waals surface area contributed by atoms with Crippen LogP contribution in [0.1, 0.15) is 23.7 Å². The molecule has 0 saturated heterocycles. The van der Waals surface area contributed by atoms with E-state index < -0.39 is 24.2 Å². The van der Waals surface area contributed by atoms with Gasteiger partial charge in [0.05, 0.1) is 0 Å². The highest BCUT2D eigenvalue weighted by Crippen LogP contribution is 2.56. The summed E-state index contributed by atoms with van der Waals surface area (Å²) in [6, 6.07) is 14.1. The molecule has 0 bridgehead atoms. The van der Waals surface area contributed by atoms with Crippen molar-refractivity contribution < 1.29 is 18.3 Å². The van der Waals surface area contributed by atoms with Crippen LogP contribution in [-0.4, -0.2) is 28.5 Å². The first kappa shape index (κ1) is 18.5. The maximum absolute atomic E-state index is 15.5. The summed E-state index contributed by atoms with van der Waals surface area (Å²) in [4.78, 5) is 12.2. The van der Waals surface area contributed by atoms with E-state index in [1.54, 1.807) is 30.6 Å². The van der Waals surface area contributed by atoms with Crippen molar-refractivity contribution in [3.8, 4) is 16.9 Å². The lowest BCUT2D eigenvalue weighted by Gasteiger charge is -2.45. The molecular weight excluding hydrogens is 390 g/mol. The average molecular weight is 408 g/mol. The molecular formula is C22H18F2N4O2. The lowest BCUT2D eigenvalue weighted by Crippen LogP contribution is -2.55. The molecule has 1 unspecified atom stereocenters. The number of halogens is 2. The van der Waals surface area contributed by atoms with E-state index >= 15 is 8.78 Å². The van der Waals surface area contributed by atoms with Gasteiger partial charge in [-0.15, -0.1) is 0 Å². The van der Waals surface area contributed by atoms with Crippen molar-refractivity contribution in [3.05, 3.63) is 78.4 Å². The van der Waals surface area contributed by atoms with Gasteiger partial charge in [0.1, 0.15) is 18.2 Å². The van der Waals surface area contributed by atoms with Gasteiger partial charge in [0, 0.05) is 29.9 Å². The summed E-state index contributed by atoms with van der Waals surface area (Å²) in [5.41, 5.74) is 6.33. The van der Waals surface area contributed by atoms with Crippen LogP contribution in [0.5, 0.6) is 5.75 Å². The minimum Gasteiger partial charge on any atom is -0.485 e. The maximum atomic E-state index is 15.5. The molecule has 5 rings (SSSR count). The topological polar surface area (TPSA) is 82.6 Å². The highest BCUT2D eigenvalue weighted by molar-refractivity contribution is 5.74. The Morgan fingerprint density at radius 1 is 1.00 bits per heavy atom. The first-order chi connectivity index (χ1) is 14.5. The van der Waals surface area contributed by atoms with Gasteiger partial charge in [-0.25, -0.2) is 15.0 Å². The number of amidine groups is 1. The third-order valence-corrected chi connectivity index (χ3v) is 5.55. The highest BCUT2D eigenvalue weighted by atomic mass is 19.3. The second-order valence-electron chi connectivity index (χ2n) is 7.36. The number of fused-ring (bicyclic) bond motifs is 2. The van der Waals surface area contributed by atoms with Gasteiger partial charge in [-0.1, -0.05) is 36.4 Å². The van der Waals surface area contributed by atoms with E-state index in [0.717, 1.165) is 5.56 Å². The lowest BCUT2D eigenvalue weighted by molar-refractivity contribution is -0.139. The summed E-state index contributed by atoms with van der Waals surface area (Å²) in [6.07, 6.45) is 3.98. The minimum atomic E-state index is -3.28. The van der Waals surface area contributed by atoms with Crippen molar-refractivity contribution in [2.75, 3.05) is 6.61 Å². The summed E-state index contributed by atoms with van der Waals surface area (Å²) in [5.74, 6) is -2.94. The molecule has 2 N–H and O–H groups in total. The highest BCUT2D eigenvalue weighted by Gasteiger charge is 2.62. The van der Waals surface area contributed by atoms with Crippen molar-refractivity contribution in [1.82, 2.24) is 9.97 Å². The van der Waals surface area contributed by atoms with E-state index in [2.05, 4.69) is 15.0 Å². The van der Waals surface area contributed by atoms with Crippen molar-refractivity contribution in [1.29, 1.82) is 0 Å². The Bertz CT molecular complexity index is 1110. The molecule has 2 aliphatic heterocycles. The number of alkyl halides is 2. The van der Waals surface area contributed by atoms with Crippen LogP contribution in [0.4, 0.5) is 8.78 Å². The molecule has 1 aromatic heterocycles. The SMILES string of the molecule is NC1=N[C@@]2(CC(c3ccccc3)Oc3ccc(-c4cncnc4)cc32)C(F)(F)CO1. The number of rotatable bonds is 2. The zero-order chi connectivity index (χ0) is 20.8. The largest absolute Gasteiger partial charge is 0.485 e. The van der Waals surface area contributed by atoms with Gasteiger partial charge in [0.15, 0.2) is 12.1 Å². The predicted octanol–water partition coefficient (Wildman–Crippen LogP) is 3.84. The number of nitrogens with zero attached hydrogens (tertiary/aromatic N) is 3. The fourth-order valence-corrected chi connectivity index (χ4v) is 4.05. The fourth-order valence-electron chi connectivity index (χ4n) is 4.05. The Labute approximate surface area is 171 Å². The molecule has 0 radical (unpaired) electrons. The molecule has 2 aliphatic rings. The number of ether oxygens (including phenoxy) is 2. The Morgan fingerprint density at radius 3 is 2.53 bits per heavy atom. The minimum absolute atomic E-state index is 0.0736. The monoisotopic (exact) mass is 408 g/mol. The summed E-state index contributed by atoms with van der Waals surface area (Å²) in [6.45, 7) is -0.845. The molecule has 0 saturated carbocycles. The Hall–Kier alpha value is -3.55. The number of hydrogen-bond donors (Lipinski definition) is 1. The van der Waals surface area contributed by atoms with E-state index in [1.165, 1.54) is 6.33 Å². The van der Waals surface area contributed by atoms with Crippen LogP contribution in [0.25, 0.3) is 11.1 Å². The van der Waals surface area contributed by atoms with Crippen LogP contribution in [0, 0.1) is 0 Å². The summed E-state index contributed by atoms with van der Waals surface area (Å²) in [5, 5.41) is 0. The molecule has 6 nitrogen and oxygen atoms in total. The number of aromatic nitrogens is 2. The van der Waals surface area contributed by atoms with Crippen molar-refractivity contribution in [3.63, 3.8) is 0 Å². The molecule has 0 aliphatic carbocycles. The zero-order valence-electron chi connectivity index (χ0n) is 15.8. The first-order valence-corrected chi connectivity index (χ1v) is 9.46. The molecule has 2 aromatic carbocycles. The van der Waals surface area contributed by atoms with Crippen molar-refractivity contribution >= 4 is 6.02 Å². The Kier molecular flexibility index (Phi) is 4.16. The molecule has 1 spiro atoms. The Morgan fingerprint density at radius 2 is 1.77 bits per heavy atom. The summed E-state index contributed by atoms with van der Waals surface area (Å²) >= 11 is 0. The molecule has 0 fully saturated rings. The average Bonchev–Trinajstić information content (AvgIpc) is 2.78. The maximum Gasteiger partial charge on any atom is 0.310 e. The van der Waals surface area contributed by atoms with E-state index in [4.69, 9.17) is 15.2 Å². The number of benzene rings is 2. The predicted molar refractivity (Wildman–Crippen MR) is 106 cm³/mol. The van der Waals surface area contributed by atoms with Gasteiger partial charge in [0.2, 0.25) is 0 Å². The summed E-state index contributed by atoms with van der Waals surface area (Å²) < 4.78 is 42.0. The molecule has 3 aromatic rings. The molecule has 2 atom stereocenters. The smallest absolute Gasteiger partial charge is 0.310 e. The van der Waals surface area contributed by atoms with Crippen LogP contribution in [0.15, 0.2) is 72.2 Å². The van der Waals surface area contributed by atoms with Crippen LogP contribution < -0.4 is 10.5 Å². The third-order valence-electron chi connectivity index (χ3n) is 5.55. The Balaban J connectivity index is 1.71. The third kappa shape index (κ3) is 2.87. The molecule has 152 valence electrons. The van der Waals surface area contributed by atoms with Crippen LogP contribution >= 0.6 is 0 Å². The van der Waals surface area contributed by atoms with Gasteiger partial charge in [0.25, 0.3) is 6.02 Å². The quantitative estimate of drug-likeness (QED) is 0.697.